The first-order valence-electron chi connectivity index (χ1n) is 7.69. The minimum absolute atomic E-state index is 0.267. The molecular formula is C17H28N2O2. The summed E-state index contributed by atoms with van der Waals surface area (Å²) in [5.41, 5.74) is 6.75. The second-order valence-electron chi connectivity index (χ2n) is 6.07. The zero-order valence-corrected chi connectivity index (χ0v) is 13.4. The van der Waals surface area contributed by atoms with E-state index < -0.39 is 0 Å². The predicted molar refractivity (Wildman–Crippen MR) is 87.0 cm³/mol. The van der Waals surface area contributed by atoms with Crippen molar-refractivity contribution >= 4 is 5.84 Å². The Morgan fingerprint density at radius 3 is 2.48 bits per heavy atom. The molecule has 0 saturated heterocycles. The van der Waals surface area contributed by atoms with Crippen molar-refractivity contribution in [2.24, 2.45) is 16.3 Å². The van der Waals surface area contributed by atoms with E-state index >= 15 is 0 Å². The SMILES string of the molecule is CCCc1ccc(OCCCCC(C)(C)/C(N)=N/O)cc1. The first kappa shape index (κ1) is 17.3. The zero-order chi connectivity index (χ0) is 15.7. The Morgan fingerprint density at radius 1 is 1.24 bits per heavy atom. The number of benzene rings is 1. The summed E-state index contributed by atoms with van der Waals surface area (Å²) in [5, 5.41) is 11.8. The first-order chi connectivity index (χ1) is 9.99. The molecule has 0 radical (unpaired) electrons. The Bertz CT molecular complexity index is 439. The van der Waals surface area contributed by atoms with E-state index in [1.807, 2.05) is 26.0 Å². The largest absolute Gasteiger partial charge is 0.494 e. The van der Waals surface area contributed by atoms with Gasteiger partial charge in [0.15, 0.2) is 0 Å². The number of ether oxygens (including phenoxy) is 1. The van der Waals surface area contributed by atoms with Crippen molar-refractivity contribution in [2.45, 2.75) is 52.9 Å². The van der Waals surface area contributed by atoms with Crippen LogP contribution in [0.3, 0.4) is 0 Å². The monoisotopic (exact) mass is 292 g/mol. The van der Waals surface area contributed by atoms with Crippen LogP contribution in [-0.2, 0) is 6.42 Å². The third-order valence-corrected chi connectivity index (χ3v) is 3.73. The third-order valence-electron chi connectivity index (χ3n) is 3.73. The fraction of sp³-hybridized carbons (Fsp3) is 0.588. The van der Waals surface area contributed by atoms with Crippen molar-refractivity contribution in [1.82, 2.24) is 0 Å². The zero-order valence-electron chi connectivity index (χ0n) is 13.4. The van der Waals surface area contributed by atoms with Crippen molar-refractivity contribution in [3.05, 3.63) is 29.8 Å². The first-order valence-corrected chi connectivity index (χ1v) is 7.69. The van der Waals surface area contributed by atoms with E-state index in [1.54, 1.807) is 0 Å². The lowest BCUT2D eigenvalue weighted by Gasteiger charge is -2.22. The number of nitrogens with zero attached hydrogens (tertiary/aromatic N) is 1. The summed E-state index contributed by atoms with van der Waals surface area (Å²) < 4.78 is 5.73. The molecule has 0 saturated carbocycles. The summed E-state index contributed by atoms with van der Waals surface area (Å²) in [6.45, 7) is 6.84. The third kappa shape index (κ3) is 6.06. The fourth-order valence-electron chi connectivity index (χ4n) is 2.16. The summed E-state index contributed by atoms with van der Waals surface area (Å²) in [6.07, 6.45) is 5.09. The van der Waals surface area contributed by atoms with Gasteiger partial charge in [-0.2, -0.15) is 0 Å². The quantitative estimate of drug-likeness (QED) is 0.238. The molecule has 0 unspecified atom stereocenters. The molecule has 4 nitrogen and oxygen atoms in total. The van der Waals surface area contributed by atoms with Crippen LogP contribution in [0, 0.1) is 5.41 Å². The van der Waals surface area contributed by atoms with Gasteiger partial charge in [-0.25, -0.2) is 0 Å². The molecule has 0 aliphatic rings. The van der Waals surface area contributed by atoms with Gasteiger partial charge in [-0.05, 0) is 43.4 Å². The summed E-state index contributed by atoms with van der Waals surface area (Å²) in [5.74, 6) is 1.21. The normalized spacial score (nSPS) is 12.4. The highest BCUT2D eigenvalue weighted by molar-refractivity contribution is 5.85. The van der Waals surface area contributed by atoms with Crippen LogP contribution in [0.1, 0.15) is 52.0 Å². The molecule has 0 bridgehead atoms. The molecule has 4 heteroatoms. The van der Waals surface area contributed by atoms with Gasteiger partial charge in [-0.1, -0.05) is 44.5 Å². The van der Waals surface area contributed by atoms with Crippen molar-refractivity contribution in [2.75, 3.05) is 6.61 Å². The summed E-state index contributed by atoms with van der Waals surface area (Å²) in [4.78, 5) is 0. The van der Waals surface area contributed by atoms with Crippen LogP contribution in [0.5, 0.6) is 5.75 Å². The number of rotatable bonds is 9. The highest BCUT2D eigenvalue weighted by Gasteiger charge is 2.22. The van der Waals surface area contributed by atoms with Crippen LogP contribution in [0.25, 0.3) is 0 Å². The lowest BCUT2D eigenvalue weighted by molar-refractivity contribution is 0.288. The molecule has 118 valence electrons. The van der Waals surface area contributed by atoms with Gasteiger partial charge < -0.3 is 15.7 Å². The molecule has 0 fully saturated rings. The summed E-state index contributed by atoms with van der Waals surface area (Å²) in [7, 11) is 0. The van der Waals surface area contributed by atoms with Gasteiger partial charge in [0.25, 0.3) is 0 Å². The van der Waals surface area contributed by atoms with Gasteiger partial charge >= 0.3 is 0 Å². The van der Waals surface area contributed by atoms with E-state index in [4.69, 9.17) is 15.7 Å². The van der Waals surface area contributed by atoms with Crippen LogP contribution < -0.4 is 10.5 Å². The number of oxime groups is 1. The van der Waals surface area contributed by atoms with Gasteiger partial charge in [0.1, 0.15) is 11.6 Å². The maximum atomic E-state index is 8.72. The van der Waals surface area contributed by atoms with Gasteiger partial charge in [-0.15, -0.1) is 0 Å². The molecule has 0 atom stereocenters. The molecule has 0 aromatic heterocycles. The van der Waals surface area contributed by atoms with E-state index in [1.165, 1.54) is 5.56 Å². The van der Waals surface area contributed by atoms with Gasteiger partial charge in [-0.3, -0.25) is 0 Å². The van der Waals surface area contributed by atoms with Crippen molar-refractivity contribution in [3.63, 3.8) is 0 Å². The number of amidine groups is 1. The highest BCUT2D eigenvalue weighted by Crippen LogP contribution is 2.23. The fourth-order valence-corrected chi connectivity index (χ4v) is 2.16. The molecule has 0 heterocycles. The molecule has 0 spiro atoms. The predicted octanol–water partition coefficient (Wildman–Crippen LogP) is 3.96. The Hall–Kier alpha value is -1.71. The molecule has 0 amide bonds. The average molecular weight is 292 g/mol. The van der Waals surface area contributed by atoms with Crippen LogP contribution in [-0.4, -0.2) is 17.6 Å². The number of hydrogen-bond donors (Lipinski definition) is 2. The molecule has 1 aromatic rings. The minimum Gasteiger partial charge on any atom is -0.494 e. The molecule has 0 aliphatic carbocycles. The molecule has 21 heavy (non-hydrogen) atoms. The van der Waals surface area contributed by atoms with Crippen LogP contribution in [0.15, 0.2) is 29.4 Å². The van der Waals surface area contributed by atoms with Gasteiger partial charge in [0.05, 0.1) is 6.61 Å². The molecule has 1 aromatic carbocycles. The van der Waals surface area contributed by atoms with E-state index in [-0.39, 0.29) is 11.3 Å². The second-order valence-corrected chi connectivity index (χ2v) is 6.07. The van der Waals surface area contributed by atoms with E-state index in [2.05, 4.69) is 24.2 Å². The number of unbranched alkanes of at least 4 members (excludes halogenated alkanes) is 1. The number of hydrogen-bond acceptors (Lipinski definition) is 3. The second kappa shape index (κ2) is 8.55. The van der Waals surface area contributed by atoms with Crippen molar-refractivity contribution in [1.29, 1.82) is 0 Å². The van der Waals surface area contributed by atoms with E-state index in [0.717, 1.165) is 37.9 Å². The number of nitrogens with two attached hydrogens (primary N) is 1. The smallest absolute Gasteiger partial charge is 0.144 e. The van der Waals surface area contributed by atoms with Crippen LogP contribution in [0.2, 0.25) is 0 Å². The molecule has 1 rings (SSSR count). The lowest BCUT2D eigenvalue weighted by Crippen LogP contribution is -2.31. The Labute approximate surface area is 128 Å². The van der Waals surface area contributed by atoms with Crippen LogP contribution in [0.4, 0.5) is 0 Å². The summed E-state index contributed by atoms with van der Waals surface area (Å²) in [6, 6.07) is 8.32. The summed E-state index contributed by atoms with van der Waals surface area (Å²) >= 11 is 0. The number of aryl methyl sites for hydroxylation is 1. The topological polar surface area (TPSA) is 67.8 Å². The standard InChI is InChI=1S/C17H28N2O2/c1-4-7-14-8-10-15(11-9-14)21-13-6-5-12-17(2,3)16(18)19-20/h8-11,20H,4-7,12-13H2,1-3H3,(H2,18,19). The minimum atomic E-state index is -0.267. The van der Waals surface area contributed by atoms with E-state index in [0.29, 0.717) is 6.61 Å². The lowest BCUT2D eigenvalue weighted by atomic mass is 9.86. The van der Waals surface area contributed by atoms with Gasteiger partial charge in [0.2, 0.25) is 0 Å². The maximum absolute atomic E-state index is 8.72. The Morgan fingerprint density at radius 2 is 1.90 bits per heavy atom. The van der Waals surface area contributed by atoms with Crippen molar-refractivity contribution < 1.29 is 9.94 Å². The Balaban J connectivity index is 2.25. The average Bonchev–Trinajstić information content (AvgIpc) is 2.48. The molecular weight excluding hydrogens is 264 g/mol. The Kier molecular flexibility index (Phi) is 7.06. The maximum Gasteiger partial charge on any atom is 0.144 e. The molecule has 0 aliphatic heterocycles. The highest BCUT2D eigenvalue weighted by atomic mass is 16.5. The van der Waals surface area contributed by atoms with E-state index in [9.17, 15) is 0 Å². The molecule has 3 N–H and O–H groups in total. The van der Waals surface area contributed by atoms with Crippen molar-refractivity contribution in [3.8, 4) is 5.75 Å². The van der Waals surface area contributed by atoms with Gasteiger partial charge in [0, 0.05) is 5.41 Å². The van der Waals surface area contributed by atoms with Crippen LogP contribution >= 0.6 is 0 Å².